The molecular formula is C20H27NO6. The second-order valence-corrected chi connectivity index (χ2v) is 7.62. The minimum atomic E-state index is -0.571. The van der Waals surface area contributed by atoms with Crippen molar-refractivity contribution in [1.82, 2.24) is 0 Å². The van der Waals surface area contributed by atoms with E-state index >= 15 is 0 Å². The number of nitro benzene ring substituents is 1. The van der Waals surface area contributed by atoms with Crippen molar-refractivity contribution < 1.29 is 24.0 Å². The maximum Gasteiger partial charge on any atom is 0.344 e. The normalized spacial score (nSPS) is 22.3. The average molecular weight is 377 g/mol. The van der Waals surface area contributed by atoms with Gasteiger partial charge in [-0.05, 0) is 36.2 Å². The van der Waals surface area contributed by atoms with Gasteiger partial charge >= 0.3 is 11.9 Å². The molecule has 0 aliphatic heterocycles. The van der Waals surface area contributed by atoms with Gasteiger partial charge in [-0.25, -0.2) is 4.79 Å². The molecule has 0 bridgehead atoms. The Hall–Kier alpha value is -2.44. The molecule has 0 heterocycles. The fourth-order valence-corrected chi connectivity index (χ4v) is 3.55. The monoisotopic (exact) mass is 377 g/mol. The molecule has 1 aromatic rings. The second-order valence-electron chi connectivity index (χ2n) is 7.62. The van der Waals surface area contributed by atoms with Crippen LogP contribution in [0.15, 0.2) is 24.3 Å². The summed E-state index contributed by atoms with van der Waals surface area (Å²) in [6.45, 7) is 6.00. The minimum absolute atomic E-state index is 0.0443. The summed E-state index contributed by atoms with van der Waals surface area (Å²) in [5.74, 6) is 0.179. The number of hydrogen-bond donors (Lipinski definition) is 0. The van der Waals surface area contributed by atoms with E-state index in [1.807, 2.05) is 0 Å². The Morgan fingerprint density at radius 2 is 1.85 bits per heavy atom. The smallest absolute Gasteiger partial charge is 0.344 e. The Bertz CT molecular complexity index is 670. The van der Waals surface area contributed by atoms with Gasteiger partial charge in [0.15, 0.2) is 6.61 Å². The molecule has 0 saturated heterocycles. The number of nitrogens with zero attached hydrogens (tertiary/aromatic N) is 1. The topological polar surface area (TPSA) is 95.7 Å². The van der Waals surface area contributed by atoms with E-state index in [1.54, 1.807) is 0 Å². The first kappa shape index (κ1) is 20.9. The molecule has 7 heteroatoms. The molecule has 1 aromatic carbocycles. The molecule has 0 radical (unpaired) electrons. The number of esters is 2. The Kier molecular flexibility index (Phi) is 7.33. The molecule has 0 amide bonds. The van der Waals surface area contributed by atoms with E-state index in [0.29, 0.717) is 23.3 Å². The third kappa shape index (κ3) is 6.34. The van der Waals surface area contributed by atoms with Gasteiger partial charge in [-0.2, -0.15) is 0 Å². The number of ether oxygens (including phenoxy) is 2. The molecule has 1 aliphatic carbocycles. The lowest BCUT2D eigenvalue weighted by Crippen LogP contribution is -2.36. The Morgan fingerprint density at radius 1 is 1.19 bits per heavy atom. The molecule has 0 spiro atoms. The van der Waals surface area contributed by atoms with E-state index in [-0.39, 0.29) is 18.2 Å². The Labute approximate surface area is 159 Å². The molecule has 1 fully saturated rings. The van der Waals surface area contributed by atoms with Crippen LogP contribution in [0.1, 0.15) is 45.6 Å². The molecule has 0 N–H and O–H groups in total. The van der Waals surface area contributed by atoms with Crippen LogP contribution in [0.25, 0.3) is 0 Å². The van der Waals surface area contributed by atoms with Gasteiger partial charge in [-0.3, -0.25) is 14.9 Å². The van der Waals surface area contributed by atoms with Crippen LogP contribution in [0.5, 0.6) is 0 Å². The van der Waals surface area contributed by atoms with Crippen molar-refractivity contribution in [2.75, 3.05) is 6.61 Å². The van der Waals surface area contributed by atoms with Crippen LogP contribution in [0.3, 0.4) is 0 Å². The van der Waals surface area contributed by atoms with Crippen molar-refractivity contribution in [3.63, 3.8) is 0 Å². The fraction of sp³-hybridized carbons (Fsp3) is 0.600. The summed E-state index contributed by atoms with van der Waals surface area (Å²) in [7, 11) is 0. The zero-order chi connectivity index (χ0) is 20.0. The van der Waals surface area contributed by atoms with Gasteiger partial charge in [-0.1, -0.05) is 39.3 Å². The van der Waals surface area contributed by atoms with Crippen LogP contribution in [-0.2, 0) is 25.5 Å². The van der Waals surface area contributed by atoms with Crippen molar-refractivity contribution in [3.8, 4) is 0 Å². The summed E-state index contributed by atoms with van der Waals surface area (Å²) < 4.78 is 10.6. The molecule has 3 atom stereocenters. The van der Waals surface area contributed by atoms with E-state index in [9.17, 15) is 19.7 Å². The second kappa shape index (κ2) is 9.48. The van der Waals surface area contributed by atoms with Crippen molar-refractivity contribution in [2.45, 2.75) is 52.6 Å². The molecular weight excluding hydrogens is 350 g/mol. The Morgan fingerprint density at radius 3 is 2.44 bits per heavy atom. The summed E-state index contributed by atoms with van der Waals surface area (Å²) in [5.41, 5.74) is 0.539. The molecule has 148 valence electrons. The summed E-state index contributed by atoms with van der Waals surface area (Å²) in [5, 5.41) is 10.6. The maximum absolute atomic E-state index is 12.1. The molecule has 1 saturated carbocycles. The van der Waals surface area contributed by atoms with E-state index in [4.69, 9.17) is 9.47 Å². The number of non-ortho nitro benzene ring substituents is 1. The van der Waals surface area contributed by atoms with Crippen molar-refractivity contribution in [3.05, 3.63) is 39.9 Å². The van der Waals surface area contributed by atoms with E-state index in [2.05, 4.69) is 20.8 Å². The number of benzene rings is 1. The fourth-order valence-electron chi connectivity index (χ4n) is 3.55. The highest BCUT2D eigenvalue weighted by molar-refractivity contribution is 5.77. The number of rotatable bonds is 7. The van der Waals surface area contributed by atoms with Crippen molar-refractivity contribution >= 4 is 17.6 Å². The predicted octanol–water partition coefficient (Wildman–Crippen LogP) is 3.68. The SMILES string of the molecule is CC1CCC(C(C)C)C(OC(=O)COC(=O)Cc2ccc([N+](=O)[O-])cc2)C1. The highest BCUT2D eigenvalue weighted by Gasteiger charge is 2.33. The van der Waals surface area contributed by atoms with Gasteiger partial charge in [0.05, 0.1) is 11.3 Å². The van der Waals surface area contributed by atoms with E-state index in [1.165, 1.54) is 24.3 Å². The zero-order valence-electron chi connectivity index (χ0n) is 16.1. The summed E-state index contributed by atoms with van der Waals surface area (Å²) in [4.78, 5) is 34.1. The van der Waals surface area contributed by atoms with Crippen LogP contribution in [0.2, 0.25) is 0 Å². The maximum atomic E-state index is 12.1. The Balaban J connectivity index is 1.80. The highest BCUT2D eigenvalue weighted by atomic mass is 16.6. The standard InChI is InChI=1S/C20H27NO6/c1-13(2)17-9-4-14(3)10-18(17)27-20(23)12-26-19(22)11-15-5-7-16(8-6-15)21(24)25/h5-8,13-14,17-18H,4,9-12H2,1-3H3. The lowest BCUT2D eigenvalue weighted by Gasteiger charge is -2.36. The van der Waals surface area contributed by atoms with E-state index in [0.717, 1.165) is 19.3 Å². The predicted molar refractivity (Wildman–Crippen MR) is 99.0 cm³/mol. The van der Waals surface area contributed by atoms with Crippen molar-refractivity contribution in [1.29, 1.82) is 0 Å². The molecule has 7 nitrogen and oxygen atoms in total. The van der Waals surface area contributed by atoms with Crippen LogP contribution in [0, 0.1) is 27.9 Å². The molecule has 1 aliphatic rings. The van der Waals surface area contributed by atoms with Gasteiger partial charge in [-0.15, -0.1) is 0 Å². The largest absolute Gasteiger partial charge is 0.460 e. The van der Waals surface area contributed by atoms with Gasteiger partial charge in [0.1, 0.15) is 6.10 Å². The molecule has 3 unspecified atom stereocenters. The number of nitro groups is 1. The first-order valence-corrected chi connectivity index (χ1v) is 9.34. The first-order chi connectivity index (χ1) is 12.8. The number of hydrogen-bond acceptors (Lipinski definition) is 6. The highest BCUT2D eigenvalue weighted by Crippen LogP contribution is 2.35. The summed E-state index contributed by atoms with van der Waals surface area (Å²) in [6, 6.07) is 5.64. The molecule has 27 heavy (non-hydrogen) atoms. The third-order valence-electron chi connectivity index (χ3n) is 5.09. The van der Waals surface area contributed by atoms with Crippen LogP contribution < -0.4 is 0 Å². The van der Waals surface area contributed by atoms with Crippen LogP contribution in [0.4, 0.5) is 5.69 Å². The minimum Gasteiger partial charge on any atom is -0.460 e. The number of carbonyl (C=O) groups is 2. The molecule has 2 rings (SSSR count). The summed E-state index contributed by atoms with van der Waals surface area (Å²) in [6.07, 6.45) is 2.83. The first-order valence-electron chi connectivity index (χ1n) is 9.34. The van der Waals surface area contributed by atoms with E-state index < -0.39 is 23.5 Å². The lowest BCUT2D eigenvalue weighted by atomic mass is 9.75. The van der Waals surface area contributed by atoms with Gasteiger partial charge < -0.3 is 9.47 Å². The van der Waals surface area contributed by atoms with Crippen molar-refractivity contribution in [2.24, 2.45) is 17.8 Å². The zero-order valence-corrected chi connectivity index (χ0v) is 16.1. The lowest BCUT2D eigenvalue weighted by molar-refractivity contribution is -0.384. The van der Waals surface area contributed by atoms with Gasteiger partial charge in [0.2, 0.25) is 0 Å². The van der Waals surface area contributed by atoms with Crippen LogP contribution >= 0.6 is 0 Å². The quantitative estimate of drug-likeness (QED) is 0.408. The summed E-state index contributed by atoms with van der Waals surface area (Å²) >= 11 is 0. The average Bonchev–Trinajstić information content (AvgIpc) is 2.60. The van der Waals surface area contributed by atoms with Gasteiger partial charge in [0, 0.05) is 12.1 Å². The third-order valence-corrected chi connectivity index (χ3v) is 5.09. The molecule has 0 aromatic heterocycles. The number of carbonyl (C=O) groups excluding carboxylic acids is 2. The van der Waals surface area contributed by atoms with Crippen LogP contribution in [-0.4, -0.2) is 29.6 Å². The van der Waals surface area contributed by atoms with Gasteiger partial charge in [0.25, 0.3) is 5.69 Å².